The summed E-state index contributed by atoms with van der Waals surface area (Å²) in [6.07, 6.45) is -0.596. The van der Waals surface area contributed by atoms with E-state index < -0.39 is 17.3 Å². The number of hydrogen-bond donors (Lipinski definition) is 1. The van der Waals surface area contributed by atoms with Gasteiger partial charge < -0.3 is 13.9 Å². The molecule has 3 aromatic rings. The van der Waals surface area contributed by atoms with Crippen LogP contribution in [0.5, 0.6) is 5.75 Å². The molecule has 140 valence electrons. The van der Waals surface area contributed by atoms with E-state index in [1.165, 1.54) is 0 Å². The van der Waals surface area contributed by atoms with Gasteiger partial charge in [0.1, 0.15) is 16.9 Å². The van der Waals surface area contributed by atoms with Crippen molar-refractivity contribution in [2.75, 3.05) is 12.4 Å². The lowest BCUT2D eigenvalue weighted by Crippen LogP contribution is -2.27. The van der Waals surface area contributed by atoms with Crippen LogP contribution in [0.15, 0.2) is 57.7 Å². The van der Waals surface area contributed by atoms with E-state index in [9.17, 15) is 9.59 Å². The van der Waals surface area contributed by atoms with E-state index in [2.05, 4.69) is 5.32 Å². The number of ether oxygens (including phenoxy) is 2. The minimum atomic E-state index is -0.627. The van der Waals surface area contributed by atoms with Crippen molar-refractivity contribution in [1.29, 1.82) is 0 Å². The van der Waals surface area contributed by atoms with Gasteiger partial charge in [-0.1, -0.05) is 18.2 Å². The fourth-order valence-electron chi connectivity index (χ4n) is 2.66. The molecule has 27 heavy (non-hydrogen) atoms. The number of benzene rings is 2. The maximum absolute atomic E-state index is 12.5. The highest BCUT2D eigenvalue weighted by Gasteiger charge is 2.18. The van der Waals surface area contributed by atoms with E-state index in [4.69, 9.17) is 13.9 Å². The first-order valence-electron chi connectivity index (χ1n) is 8.48. The maximum Gasteiger partial charge on any atom is 0.412 e. The molecule has 1 N–H and O–H groups in total. The molecular formula is C21H21NO5. The van der Waals surface area contributed by atoms with Gasteiger partial charge in [0.05, 0.1) is 18.4 Å². The second-order valence-electron chi connectivity index (χ2n) is 7.02. The minimum Gasteiger partial charge on any atom is -0.497 e. The van der Waals surface area contributed by atoms with Crippen LogP contribution in [0, 0.1) is 0 Å². The summed E-state index contributed by atoms with van der Waals surface area (Å²) in [5.41, 5.74) is 0.677. The molecule has 0 unspecified atom stereocenters. The number of rotatable bonds is 3. The minimum absolute atomic E-state index is 0.336. The Bertz CT molecular complexity index is 1050. The fraction of sp³-hybridized carbons (Fsp3) is 0.238. The van der Waals surface area contributed by atoms with Crippen LogP contribution in [0.1, 0.15) is 20.8 Å². The number of carbonyl (C=O) groups excluding carboxylic acids is 1. The molecule has 1 heterocycles. The molecule has 0 aliphatic carbocycles. The van der Waals surface area contributed by atoms with E-state index in [1.54, 1.807) is 76.4 Å². The van der Waals surface area contributed by atoms with Gasteiger partial charge >= 0.3 is 11.7 Å². The predicted molar refractivity (Wildman–Crippen MR) is 104 cm³/mol. The lowest BCUT2D eigenvalue weighted by Gasteiger charge is -2.20. The number of anilines is 1. The third-order valence-corrected chi connectivity index (χ3v) is 3.79. The molecular weight excluding hydrogens is 346 g/mol. The summed E-state index contributed by atoms with van der Waals surface area (Å²) in [7, 11) is 1.57. The van der Waals surface area contributed by atoms with Crippen molar-refractivity contribution in [3.8, 4) is 16.9 Å². The van der Waals surface area contributed by atoms with Crippen LogP contribution in [-0.2, 0) is 4.74 Å². The highest BCUT2D eigenvalue weighted by molar-refractivity contribution is 5.93. The highest BCUT2D eigenvalue weighted by Crippen LogP contribution is 2.29. The molecule has 0 saturated heterocycles. The van der Waals surface area contributed by atoms with Crippen LogP contribution in [0.25, 0.3) is 22.1 Å². The highest BCUT2D eigenvalue weighted by atomic mass is 16.6. The van der Waals surface area contributed by atoms with Crippen LogP contribution in [-0.4, -0.2) is 18.8 Å². The van der Waals surface area contributed by atoms with E-state index in [0.29, 0.717) is 28.1 Å². The summed E-state index contributed by atoms with van der Waals surface area (Å²) in [5.74, 6) is 0.655. The number of nitrogens with one attached hydrogen (secondary N) is 1. The molecule has 0 aliphatic rings. The molecule has 2 aromatic carbocycles. The summed E-state index contributed by atoms with van der Waals surface area (Å²) in [5, 5.41) is 3.42. The van der Waals surface area contributed by atoms with Crippen LogP contribution >= 0.6 is 0 Å². The molecule has 1 aromatic heterocycles. The zero-order valence-electron chi connectivity index (χ0n) is 15.7. The summed E-state index contributed by atoms with van der Waals surface area (Å²) < 4.78 is 16.0. The quantitative estimate of drug-likeness (QED) is 0.672. The molecule has 1 amide bonds. The Balaban J connectivity index is 2.05. The Kier molecular flexibility index (Phi) is 4.90. The number of carbonyl (C=O) groups is 1. The molecule has 6 nitrogen and oxygen atoms in total. The number of para-hydroxylation sites is 1. The second-order valence-corrected chi connectivity index (χ2v) is 7.02. The van der Waals surface area contributed by atoms with E-state index >= 15 is 0 Å². The van der Waals surface area contributed by atoms with Gasteiger partial charge in [-0.25, -0.2) is 9.59 Å². The normalized spacial score (nSPS) is 11.3. The van der Waals surface area contributed by atoms with Gasteiger partial charge in [0.2, 0.25) is 0 Å². The Morgan fingerprint density at radius 2 is 1.78 bits per heavy atom. The smallest absolute Gasteiger partial charge is 0.412 e. The van der Waals surface area contributed by atoms with Crippen LogP contribution in [0.4, 0.5) is 10.5 Å². The van der Waals surface area contributed by atoms with Crippen molar-refractivity contribution in [1.82, 2.24) is 0 Å². The van der Waals surface area contributed by atoms with Gasteiger partial charge in [-0.15, -0.1) is 0 Å². The molecule has 0 spiro atoms. The van der Waals surface area contributed by atoms with E-state index in [1.807, 2.05) is 0 Å². The summed E-state index contributed by atoms with van der Waals surface area (Å²) >= 11 is 0. The fourth-order valence-corrected chi connectivity index (χ4v) is 2.66. The van der Waals surface area contributed by atoms with Crippen molar-refractivity contribution < 1.29 is 18.7 Å². The SMILES string of the molecule is COc1ccc2oc(=O)c(-c3ccccc3NC(=O)OC(C)(C)C)cc2c1. The van der Waals surface area contributed by atoms with Crippen molar-refractivity contribution in [3.63, 3.8) is 0 Å². The van der Waals surface area contributed by atoms with Gasteiger partial charge in [-0.2, -0.15) is 0 Å². The average molecular weight is 367 g/mol. The standard InChI is InChI=1S/C21H21NO5/c1-21(2,3)27-20(24)22-17-8-6-5-7-15(17)16-12-13-11-14(25-4)9-10-18(13)26-19(16)23/h5-12H,1-4H3,(H,22,24). The second kappa shape index (κ2) is 7.15. The van der Waals surface area contributed by atoms with Crippen molar-refractivity contribution in [3.05, 3.63) is 59.0 Å². The lowest BCUT2D eigenvalue weighted by atomic mass is 10.0. The molecule has 0 aliphatic heterocycles. The molecule has 6 heteroatoms. The first-order valence-corrected chi connectivity index (χ1v) is 8.48. The van der Waals surface area contributed by atoms with Gasteiger partial charge in [0.15, 0.2) is 0 Å². The maximum atomic E-state index is 12.5. The number of fused-ring (bicyclic) bond motifs is 1. The number of methoxy groups -OCH3 is 1. The van der Waals surface area contributed by atoms with Crippen molar-refractivity contribution >= 4 is 22.7 Å². The first-order chi connectivity index (χ1) is 12.8. The largest absolute Gasteiger partial charge is 0.497 e. The number of hydrogen-bond acceptors (Lipinski definition) is 5. The van der Waals surface area contributed by atoms with Gasteiger partial charge in [0.25, 0.3) is 0 Å². The Morgan fingerprint density at radius 3 is 2.48 bits per heavy atom. The predicted octanol–water partition coefficient (Wildman–Crippen LogP) is 4.82. The van der Waals surface area contributed by atoms with Crippen LogP contribution in [0.3, 0.4) is 0 Å². The molecule has 0 atom stereocenters. The van der Waals surface area contributed by atoms with Gasteiger partial charge in [-0.05, 0) is 51.1 Å². The van der Waals surface area contributed by atoms with E-state index in [0.717, 1.165) is 5.39 Å². The zero-order valence-corrected chi connectivity index (χ0v) is 15.7. The van der Waals surface area contributed by atoms with Gasteiger partial charge in [0, 0.05) is 10.9 Å². The van der Waals surface area contributed by atoms with Crippen molar-refractivity contribution in [2.24, 2.45) is 0 Å². The third kappa shape index (κ3) is 4.28. The zero-order chi connectivity index (χ0) is 19.6. The molecule has 0 bridgehead atoms. The Morgan fingerprint density at radius 1 is 1.04 bits per heavy atom. The molecule has 0 fully saturated rings. The summed E-state index contributed by atoms with van der Waals surface area (Å²) in [6, 6.07) is 13.9. The Hall–Kier alpha value is -3.28. The van der Waals surface area contributed by atoms with Crippen LogP contribution in [0.2, 0.25) is 0 Å². The summed E-state index contributed by atoms with van der Waals surface area (Å²) in [4.78, 5) is 24.7. The summed E-state index contributed by atoms with van der Waals surface area (Å²) in [6.45, 7) is 5.34. The average Bonchev–Trinajstić information content (AvgIpc) is 2.59. The number of amides is 1. The van der Waals surface area contributed by atoms with Crippen molar-refractivity contribution in [2.45, 2.75) is 26.4 Å². The molecule has 0 saturated carbocycles. The van der Waals surface area contributed by atoms with Crippen LogP contribution < -0.4 is 15.7 Å². The molecule has 3 rings (SSSR count). The Labute approximate surface area is 156 Å². The lowest BCUT2D eigenvalue weighted by molar-refractivity contribution is 0.0636. The molecule has 0 radical (unpaired) electrons. The monoisotopic (exact) mass is 367 g/mol. The first kappa shape index (κ1) is 18.5. The third-order valence-electron chi connectivity index (χ3n) is 3.79. The van der Waals surface area contributed by atoms with E-state index in [-0.39, 0.29) is 0 Å². The van der Waals surface area contributed by atoms with Gasteiger partial charge in [-0.3, -0.25) is 5.32 Å². The topological polar surface area (TPSA) is 77.8 Å².